The van der Waals surface area contributed by atoms with Gasteiger partial charge in [0.25, 0.3) is 0 Å². The summed E-state index contributed by atoms with van der Waals surface area (Å²) in [6.45, 7) is 2.08. The second-order valence-corrected chi connectivity index (χ2v) is 5.19. The highest BCUT2D eigenvalue weighted by molar-refractivity contribution is 9.10. The molecule has 18 heavy (non-hydrogen) atoms. The van der Waals surface area contributed by atoms with Crippen LogP contribution in [0.1, 0.15) is 49.8 Å². The van der Waals surface area contributed by atoms with E-state index in [2.05, 4.69) is 22.9 Å². The number of benzene rings is 1. The van der Waals surface area contributed by atoms with Gasteiger partial charge in [0.05, 0.1) is 5.56 Å². The lowest BCUT2D eigenvalue weighted by molar-refractivity contribution is -0.137. The largest absolute Gasteiger partial charge is 0.416 e. The predicted molar refractivity (Wildman–Crippen MR) is 70.2 cm³/mol. The third-order valence-electron chi connectivity index (χ3n) is 2.84. The third kappa shape index (κ3) is 4.28. The van der Waals surface area contributed by atoms with Gasteiger partial charge in [-0.25, -0.2) is 0 Å². The lowest BCUT2D eigenvalue weighted by atomic mass is 9.99. The Balaban J connectivity index is 2.86. The lowest BCUT2D eigenvalue weighted by Gasteiger charge is -2.16. The van der Waals surface area contributed by atoms with E-state index in [0.717, 1.165) is 31.4 Å². The monoisotopic (exact) mass is 323 g/mol. The van der Waals surface area contributed by atoms with Gasteiger partial charge in [-0.15, -0.1) is 0 Å². The fourth-order valence-electron chi connectivity index (χ4n) is 1.77. The van der Waals surface area contributed by atoms with Crippen molar-refractivity contribution in [3.8, 4) is 0 Å². The molecule has 0 heterocycles. The van der Waals surface area contributed by atoms with E-state index in [4.69, 9.17) is 5.73 Å². The quantitative estimate of drug-likeness (QED) is 0.754. The zero-order valence-corrected chi connectivity index (χ0v) is 11.8. The smallest absolute Gasteiger partial charge is 0.324 e. The van der Waals surface area contributed by atoms with Crippen molar-refractivity contribution >= 4 is 15.9 Å². The Morgan fingerprint density at radius 1 is 1.28 bits per heavy atom. The maximum Gasteiger partial charge on any atom is 0.416 e. The molecule has 1 nitrogen and oxygen atoms in total. The van der Waals surface area contributed by atoms with Crippen molar-refractivity contribution in [3.05, 3.63) is 33.8 Å². The first-order valence-corrected chi connectivity index (χ1v) is 6.77. The average molecular weight is 324 g/mol. The molecule has 0 aliphatic carbocycles. The molecule has 0 radical (unpaired) electrons. The summed E-state index contributed by atoms with van der Waals surface area (Å²) in [5.74, 6) is 0. The summed E-state index contributed by atoms with van der Waals surface area (Å²) in [5.41, 5.74) is 5.83. The first kappa shape index (κ1) is 15.5. The molecule has 1 rings (SSSR count). The van der Waals surface area contributed by atoms with Crippen LogP contribution in [-0.4, -0.2) is 0 Å². The molecule has 0 amide bonds. The SMILES string of the molecule is CCCCC[C@H](N)c1cc(C(F)(F)F)ccc1Br. The number of hydrogen-bond donors (Lipinski definition) is 1. The molecule has 2 N–H and O–H groups in total. The van der Waals surface area contributed by atoms with Gasteiger partial charge in [-0.05, 0) is 30.2 Å². The van der Waals surface area contributed by atoms with Gasteiger partial charge in [-0.2, -0.15) is 13.2 Å². The van der Waals surface area contributed by atoms with E-state index in [1.54, 1.807) is 0 Å². The molecule has 0 aliphatic rings. The topological polar surface area (TPSA) is 26.0 Å². The zero-order valence-electron chi connectivity index (χ0n) is 10.2. The van der Waals surface area contributed by atoms with E-state index < -0.39 is 11.7 Å². The molecule has 102 valence electrons. The molecule has 5 heteroatoms. The van der Waals surface area contributed by atoms with E-state index >= 15 is 0 Å². The second-order valence-electron chi connectivity index (χ2n) is 4.34. The Labute approximate surface area is 114 Å². The molecule has 1 aromatic carbocycles. The molecule has 0 saturated heterocycles. The number of rotatable bonds is 5. The fraction of sp³-hybridized carbons (Fsp3) is 0.538. The minimum Gasteiger partial charge on any atom is -0.324 e. The third-order valence-corrected chi connectivity index (χ3v) is 3.56. The Morgan fingerprint density at radius 3 is 2.50 bits per heavy atom. The molecule has 1 atom stereocenters. The molecule has 0 spiro atoms. The summed E-state index contributed by atoms with van der Waals surface area (Å²) in [5, 5.41) is 0. The van der Waals surface area contributed by atoms with E-state index in [-0.39, 0.29) is 6.04 Å². The highest BCUT2D eigenvalue weighted by atomic mass is 79.9. The van der Waals surface area contributed by atoms with Crippen molar-refractivity contribution in [2.24, 2.45) is 5.73 Å². The van der Waals surface area contributed by atoms with Gasteiger partial charge in [-0.1, -0.05) is 42.1 Å². The number of nitrogens with two attached hydrogens (primary N) is 1. The molecular formula is C13H17BrF3N. The van der Waals surface area contributed by atoms with Gasteiger partial charge in [0.2, 0.25) is 0 Å². The van der Waals surface area contributed by atoms with Crippen molar-refractivity contribution in [1.82, 2.24) is 0 Å². The first-order valence-electron chi connectivity index (χ1n) is 5.98. The molecule has 0 aromatic heterocycles. The summed E-state index contributed by atoms with van der Waals surface area (Å²) >= 11 is 3.26. The van der Waals surface area contributed by atoms with Gasteiger partial charge in [0.1, 0.15) is 0 Å². The van der Waals surface area contributed by atoms with Crippen molar-refractivity contribution in [2.75, 3.05) is 0 Å². The van der Waals surface area contributed by atoms with Crippen LogP contribution in [0.3, 0.4) is 0 Å². The Hall–Kier alpha value is -0.550. The lowest BCUT2D eigenvalue weighted by Crippen LogP contribution is -2.13. The van der Waals surface area contributed by atoms with Crippen LogP contribution in [0.5, 0.6) is 0 Å². The fourth-order valence-corrected chi connectivity index (χ4v) is 2.31. The minimum atomic E-state index is -4.32. The highest BCUT2D eigenvalue weighted by Gasteiger charge is 2.31. The highest BCUT2D eigenvalue weighted by Crippen LogP contribution is 2.34. The van der Waals surface area contributed by atoms with Crippen molar-refractivity contribution in [3.63, 3.8) is 0 Å². The maximum atomic E-state index is 12.6. The van der Waals surface area contributed by atoms with Crippen LogP contribution >= 0.6 is 15.9 Å². The number of halogens is 4. The van der Waals surface area contributed by atoms with Crippen LogP contribution in [0.15, 0.2) is 22.7 Å². The van der Waals surface area contributed by atoms with E-state index in [9.17, 15) is 13.2 Å². The Kier molecular flexibility index (Phi) is 5.66. The van der Waals surface area contributed by atoms with Crippen LogP contribution in [0.25, 0.3) is 0 Å². The number of unbranched alkanes of at least 4 members (excludes halogenated alkanes) is 2. The summed E-state index contributed by atoms with van der Waals surface area (Å²) in [7, 11) is 0. The molecule has 1 aromatic rings. The van der Waals surface area contributed by atoms with Crippen LogP contribution in [0, 0.1) is 0 Å². The van der Waals surface area contributed by atoms with Gasteiger partial charge < -0.3 is 5.73 Å². The summed E-state index contributed by atoms with van der Waals surface area (Å²) in [6, 6.07) is 3.26. The second kappa shape index (κ2) is 6.57. The van der Waals surface area contributed by atoms with Gasteiger partial charge in [0.15, 0.2) is 0 Å². The van der Waals surface area contributed by atoms with E-state index in [1.165, 1.54) is 6.07 Å². The Morgan fingerprint density at radius 2 is 1.94 bits per heavy atom. The molecule has 0 saturated carbocycles. The molecule has 0 aliphatic heterocycles. The summed E-state index contributed by atoms with van der Waals surface area (Å²) < 4.78 is 38.5. The van der Waals surface area contributed by atoms with Crippen LogP contribution in [0.4, 0.5) is 13.2 Å². The molecule has 0 unspecified atom stereocenters. The van der Waals surface area contributed by atoms with Gasteiger partial charge in [-0.3, -0.25) is 0 Å². The van der Waals surface area contributed by atoms with Gasteiger partial charge in [0, 0.05) is 10.5 Å². The number of alkyl halides is 3. The van der Waals surface area contributed by atoms with Crippen molar-refractivity contribution in [1.29, 1.82) is 0 Å². The summed E-state index contributed by atoms with van der Waals surface area (Å²) in [6.07, 6.45) is -0.576. The van der Waals surface area contributed by atoms with Crippen molar-refractivity contribution < 1.29 is 13.2 Å². The molecule has 0 fully saturated rings. The Bertz CT molecular complexity index is 390. The van der Waals surface area contributed by atoms with E-state index in [0.29, 0.717) is 16.5 Å². The molecular weight excluding hydrogens is 307 g/mol. The van der Waals surface area contributed by atoms with E-state index in [1.807, 2.05) is 0 Å². The number of hydrogen-bond acceptors (Lipinski definition) is 1. The van der Waals surface area contributed by atoms with Crippen LogP contribution in [0.2, 0.25) is 0 Å². The predicted octanol–water partition coefficient (Wildman–Crippen LogP) is 5.05. The standard InChI is InChI=1S/C13H17BrF3N/c1-2-3-4-5-12(18)10-8-9(13(15,16)17)6-7-11(10)14/h6-8,12H,2-5,18H2,1H3/t12-/m0/s1. The normalized spacial score (nSPS) is 13.7. The van der Waals surface area contributed by atoms with Crippen LogP contribution < -0.4 is 5.73 Å². The maximum absolute atomic E-state index is 12.6. The van der Waals surface area contributed by atoms with Crippen molar-refractivity contribution in [2.45, 2.75) is 44.8 Å². The minimum absolute atomic E-state index is 0.353. The van der Waals surface area contributed by atoms with Crippen LogP contribution in [-0.2, 0) is 6.18 Å². The molecule has 0 bridgehead atoms. The average Bonchev–Trinajstić information content (AvgIpc) is 2.28. The zero-order chi connectivity index (χ0) is 13.8. The van der Waals surface area contributed by atoms with Gasteiger partial charge >= 0.3 is 6.18 Å². The first-order chi connectivity index (χ1) is 8.36. The summed E-state index contributed by atoms with van der Waals surface area (Å²) in [4.78, 5) is 0.